The zero-order chi connectivity index (χ0) is 31.3. The number of pyridine rings is 1. The molecule has 236 valence electrons. The van der Waals surface area contributed by atoms with E-state index in [4.69, 9.17) is 18.1 Å². The van der Waals surface area contributed by atoms with Gasteiger partial charge in [-0.3, -0.25) is 18.8 Å². The van der Waals surface area contributed by atoms with Gasteiger partial charge in [0.15, 0.2) is 0 Å². The predicted octanol–water partition coefficient (Wildman–Crippen LogP) is 4.16. The molecule has 1 aliphatic heterocycles. The third-order valence-corrected chi connectivity index (χ3v) is 12.8. The molecule has 1 aromatic heterocycles. The number of carboxylic acids is 1. The van der Waals surface area contributed by atoms with Gasteiger partial charge in [0.1, 0.15) is 11.4 Å². The van der Waals surface area contributed by atoms with E-state index in [0.717, 1.165) is 6.07 Å². The summed E-state index contributed by atoms with van der Waals surface area (Å²) in [4.78, 5) is 27.7. The molecule has 3 rings (SSSR count). The number of carboxylic acid groups (broad SMARTS) is 1. The van der Waals surface area contributed by atoms with Gasteiger partial charge in [-0.25, -0.2) is 9.18 Å². The summed E-state index contributed by atoms with van der Waals surface area (Å²) in [5, 5.41) is 18.6. The van der Waals surface area contributed by atoms with E-state index in [-0.39, 0.29) is 63.7 Å². The largest absolute Gasteiger partial charge is 0.477 e. The SMILES string of the molecule is CCOP(=O)(OCC)C(O)(CN1CCN(c2cc3c(cc2F)c(=O)c(C(=O)O)cn3CC)CC1)P(=O)(OCC)OCC. The van der Waals surface area contributed by atoms with E-state index in [9.17, 15) is 28.9 Å². The number of aliphatic hydroxyl groups is 1. The number of aromatic nitrogens is 1. The topological polar surface area (TPSA) is 157 Å². The Morgan fingerprint density at radius 1 is 0.929 bits per heavy atom. The fraction of sp³-hybridized carbons (Fsp3) is 0.615. The molecule has 0 aliphatic carbocycles. The van der Waals surface area contributed by atoms with Gasteiger partial charge in [-0.15, -0.1) is 0 Å². The molecule has 2 aromatic rings. The number of benzene rings is 1. The van der Waals surface area contributed by atoms with E-state index >= 15 is 4.39 Å². The second-order valence-electron chi connectivity index (χ2n) is 9.49. The van der Waals surface area contributed by atoms with Gasteiger partial charge in [-0.1, -0.05) is 0 Å². The van der Waals surface area contributed by atoms with Crippen molar-refractivity contribution in [3.63, 3.8) is 0 Å². The van der Waals surface area contributed by atoms with Crippen LogP contribution in [0.4, 0.5) is 10.1 Å². The van der Waals surface area contributed by atoms with Crippen LogP contribution in [-0.4, -0.2) is 89.9 Å². The van der Waals surface area contributed by atoms with Crippen LogP contribution < -0.4 is 10.3 Å². The Hall–Kier alpha value is -2.15. The molecule has 1 aromatic carbocycles. The molecule has 1 fully saturated rings. The summed E-state index contributed by atoms with van der Waals surface area (Å²) in [6.45, 7) is 8.57. The van der Waals surface area contributed by atoms with Gasteiger partial charge in [-0.05, 0) is 46.8 Å². The standard InChI is InChI=1S/C26H40FN3O10P2/c1-6-29-17-20(25(32)33)24(31)19-15-21(27)23(16-22(19)29)30-13-11-28(12-14-30)18-26(34,41(35,37-7-2)38-8-3)42(36,39-9-4)40-10-5/h15-17,34H,6-14,18H2,1-5H3,(H,32,33). The highest BCUT2D eigenvalue weighted by molar-refractivity contribution is 7.74. The van der Waals surface area contributed by atoms with Crippen LogP contribution >= 0.6 is 15.2 Å². The number of rotatable bonds is 15. The Morgan fingerprint density at radius 3 is 1.86 bits per heavy atom. The van der Waals surface area contributed by atoms with Crippen LogP contribution in [-0.2, 0) is 33.8 Å². The van der Waals surface area contributed by atoms with Crippen molar-refractivity contribution in [3.8, 4) is 0 Å². The first kappa shape index (κ1) is 34.3. The van der Waals surface area contributed by atoms with E-state index in [1.165, 1.54) is 12.3 Å². The Balaban J connectivity index is 1.94. The lowest BCUT2D eigenvalue weighted by Gasteiger charge is -2.43. The molecule has 0 amide bonds. The van der Waals surface area contributed by atoms with Gasteiger partial charge < -0.3 is 37.8 Å². The van der Waals surface area contributed by atoms with Crippen LogP contribution in [0.5, 0.6) is 0 Å². The number of carbonyl (C=O) groups is 1. The van der Waals surface area contributed by atoms with Crippen molar-refractivity contribution in [2.75, 3.05) is 64.1 Å². The first-order chi connectivity index (χ1) is 19.8. The minimum atomic E-state index is -4.47. The fourth-order valence-electron chi connectivity index (χ4n) is 4.99. The number of anilines is 1. The van der Waals surface area contributed by atoms with Gasteiger partial charge in [0.25, 0.3) is 5.08 Å². The molecule has 42 heavy (non-hydrogen) atoms. The van der Waals surface area contributed by atoms with Gasteiger partial charge >= 0.3 is 21.2 Å². The summed E-state index contributed by atoms with van der Waals surface area (Å²) in [6, 6.07) is 2.57. The highest BCUT2D eigenvalue weighted by Crippen LogP contribution is 2.76. The number of β-amino-alcohol motifs (C(OH)–C–C–N with tert-alkyl or cyclic N) is 1. The molecule has 13 nitrogen and oxygen atoms in total. The Labute approximate surface area is 244 Å². The minimum absolute atomic E-state index is 0.0353. The van der Waals surface area contributed by atoms with Gasteiger partial charge in [0.2, 0.25) is 5.43 Å². The van der Waals surface area contributed by atoms with Crippen molar-refractivity contribution >= 4 is 37.8 Å². The lowest BCUT2D eigenvalue weighted by atomic mass is 10.1. The summed E-state index contributed by atoms with van der Waals surface area (Å²) in [5.74, 6) is -2.08. The fourth-order valence-corrected chi connectivity index (χ4v) is 9.97. The highest BCUT2D eigenvalue weighted by Gasteiger charge is 2.65. The maximum atomic E-state index is 15.3. The molecular formula is C26H40FN3O10P2. The second-order valence-corrected chi connectivity index (χ2v) is 14.3. The van der Waals surface area contributed by atoms with Crippen LogP contribution in [0.15, 0.2) is 23.1 Å². The van der Waals surface area contributed by atoms with Gasteiger partial charge in [0, 0.05) is 44.3 Å². The van der Waals surface area contributed by atoms with Crippen LogP contribution in [0.25, 0.3) is 10.9 Å². The zero-order valence-electron chi connectivity index (χ0n) is 24.6. The smallest absolute Gasteiger partial charge is 0.375 e. The van der Waals surface area contributed by atoms with Crippen molar-refractivity contribution < 1.29 is 46.6 Å². The molecule has 0 saturated carbocycles. The van der Waals surface area contributed by atoms with E-state index in [2.05, 4.69) is 0 Å². The van der Waals surface area contributed by atoms with Crippen molar-refractivity contribution in [2.45, 2.75) is 46.2 Å². The van der Waals surface area contributed by atoms with Gasteiger partial charge in [0.05, 0.1) is 44.2 Å². The molecule has 1 saturated heterocycles. The van der Waals surface area contributed by atoms with Crippen molar-refractivity contribution in [1.29, 1.82) is 0 Å². The Kier molecular flexibility index (Phi) is 11.5. The molecular weight excluding hydrogens is 595 g/mol. The normalized spacial score (nSPS) is 15.5. The first-order valence-corrected chi connectivity index (χ1v) is 17.0. The quantitative estimate of drug-likeness (QED) is 0.270. The average molecular weight is 636 g/mol. The molecule has 0 atom stereocenters. The third kappa shape index (κ3) is 6.51. The summed E-state index contributed by atoms with van der Waals surface area (Å²) in [6.07, 6.45) is 1.25. The first-order valence-electron chi connectivity index (χ1n) is 13.9. The maximum Gasteiger partial charge on any atom is 0.375 e. The third-order valence-electron chi connectivity index (χ3n) is 6.94. The summed E-state index contributed by atoms with van der Waals surface area (Å²) in [5.41, 5.74) is -0.599. The number of hydrogen-bond donors (Lipinski definition) is 2. The van der Waals surface area contributed by atoms with Crippen molar-refractivity contribution in [3.05, 3.63) is 39.9 Å². The van der Waals surface area contributed by atoms with Crippen molar-refractivity contribution in [2.24, 2.45) is 0 Å². The number of halogens is 1. The number of aryl methyl sites for hydroxylation is 1. The van der Waals surface area contributed by atoms with E-state index in [1.807, 2.05) is 0 Å². The number of fused-ring (bicyclic) bond motifs is 1. The number of piperazine rings is 1. The molecule has 0 unspecified atom stereocenters. The number of aromatic carboxylic acids is 1. The maximum absolute atomic E-state index is 15.3. The average Bonchev–Trinajstić information content (AvgIpc) is 2.94. The monoisotopic (exact) mass is 635 g/mol. The number of nitrogens with zero attached hydrogens (tertiary/aromatic N) is 3. The van der Waals surface area contributed by atoms with Crippen LogP contribution in [0.1, 0.15) is 45.0 Å². The summed E-state index contributed by atoms with van der Waals surface area (Å²) >= 11 is 0. The zero-order valence-corrected chi connectivity index (χ0v) is 26.4. The second kappa shape index (κ2) is 14.1. The van der Waals surface area contributed by atoms with E-state index in [1.54, 1.807) is 49.0 Å². The predicted molar refractivity (Wildman–Crippen MR) is 156 cm³/mol. The lowest BCUT2D eigenvalue weighted by Crippen LogP contribution is -2.52. The van der Waals surface area contributed by atoms with Gasteiger partial charge in [-0.2, -0.15) is 0 Å². The van der Waals surface area contributed by atoms with Crippen LogP contribution in [0, 0.1) is 5.82 Å². The molecule has 0 bridgehead atoms. The van der Waals surface area contributed by atoms with E-state index in [0.29, 0.717) is 12.1 Å². The van der Waals surface area contributed by atoms with Crippen LogP contribution in [0.3, 0.4) is 0 Å². The molecule has 2 N–H and O–H groups in total. The summed E-state index contributed by atoms with van der Waals surface area (Å²) in [7, 11) is -8.94. The summed E-state index contributed by atoms with van der Waals surface area (Å²) < 4.78 is 66.5. The molecule has 16 heteroatoms. The molecule has 0 spiro atoms. The van der Waals surface area contributed by atoms with Crippen LogP contribution in [0.2, 0.25) is 0 Å². The van der Waals surface area contributed by atoms with E-state index < -0.39 is 49.6 Å². The Morgan fingerprint density at radius 2 is 1.43 bits per heavy atom. The highest BCUT2D eigenvalue weighted by atomic mass is 31.2. The lowest BCUT2D eigenvalue weighted by molar-refractivity contribution is 0.0537. The molecule has 1 aliphatic rings. The van der Waals surface area contributed by atoms with Crippen molar-refractivity contribution in [1.82, 2.24) is 9.47 Å². The minimum Gasteiger partial charge on any atom is -0.477 e. The Bertz CT molecular complexity index is 1380. The number of hydrogen-bond acceptors (Lipinski definition) is 11. The molecule has 0 radical (unpaired) electrons. The molecule has 2 heterocycles.